The fraction of sp³-hybridized carbons (Fsp3) is 0.688. The lowest BCUT2D eigenvalue weighted by atomic mass is 9.83. The molecule has 1 saturated heterocycles. The zero-order chi connectivity index (χ0) is 13.9. The van der Waals surface area contributed by atoms with E-state index in [9.17, 15) is 0 Å². The van der Waals surface area contributed by atoms with Gasteiger partial charge in [0, 0.05) is 25.7 Å². The van der Waals surface area contributed by atoms with Crippen LogP contribution in [0, 0.1) is 5.41 Å². The summed E-state index contributed by atoms with van der Waals surface area (Å²) in [6.07, 6.45) is 2.51. The summed E-state index contributed by atoms with van der Waals surface area (Å²) in [6.45, 7) is 12.2. The van der Waals surface area contributed by atoms with Gasteiger partial charge in [-0.1, -0.05) is 33.8 Å². The van der Waals surface area contributed by atoms with Crippen molar-refractivity contribution in [3.05, 3.63) is 23.9 Å². The number of hydrogen-bond acceptors (Lipinski definition) is 3. The number of aromatic nitrogens is 1. The molecular formula is C16H27N3. The average molecular weight is 261 g/mol. The topological polar surface area (TPSA) is 28.2 Å². The fourth-order valence-electron chi connectivity index (χ4n) is 2.39. The van der Waals surface area contributed by atoms with E-state index in [0.717, 1.165) is 31.1 Å². The Morgan fingerprint density at radius 3 is 2.58 bits per heavy atom. The Kier molecular flexibility index (Phi) is 4.46. The Hall–Kier alpha value is -1.09. The molecule has 0 spiro atoms. The molecular weight excluding hydrogens is 234 g/mol. The Balaban J connectivity index is 1.99. The van der Waals surface area contributed by atoms with E-state index in [1.807, 2.05) is 0 Å². The van der Waals surface area contributed by atoms with E-state index < -0.39 is 0 Å². The highest BCUT2D eigenvalue weighted by Crippen LogP contribution is 2.31. The Bertz CT molecular complexity index is 402. The van der Waals surface area contributed by atoms with Crippen molar-refractivity contribution in [3.63, 3.8) is 0 Å². The number of hydrogen-bond donors (Lipinski definition) is 1. The molecule has 1 N–H and O–H groups in total. The number of rotatable bonds is 4. The lowest BCUT2D eigenvalue weighted by Gasteiger charge is -2.37. The monoisotopic (exact) mass is 261 g/mol. The van der Waals surface area contributed by atoms with Crippen LogP contribution >= 0.6 is 0 Å². The molecule has 0 amide bonds. The minimum absolute atomic E-state index is 0.493. The van der Waals surface area contributed by atoms with Gasteiger partial charge in [0.05, 0.1) is 5.69 Å². The molecule has 3 heteroatoms. The van der Waals surface area contributed by atoms with E-state index in [-0.39, 0.29) is 0 Å². The SMILES string of the molecule is CC(C)NCc1cccc(N2CCC(C)(C)CC2)n1. The number of pyridine rings is 1. The van der Waals surface area contributed by atoms with Gasteiger partial charge in [-0.25, -0.2) is 4.98 Å². The third kappa shape index (κ3) is 4.20. The second-order valence-corrected chi connectivity index (χ2v) is 6.67. The van der Waals surface area contributed by atoms with Gasteiger partial charge in [-0.05, 0) is 30.4 Å². The molecule has 19 heavy (non-hydrogen) atoms. The first-order valence-electron chi connectivity index (χ1n) is 7.40. The summed E-state index contributed by atoms with van der Waals surface area (Å²) in [5.41, 5.74) is 1.63. The molecule has 0 unspecified atom stereocenters. The molecule has 0 radical (unpaired) electrons. The molecule has 2 rings (SSSR count). The van der Waals surface area contributed by atoms with Gasteiger partial charge in [-0.15, -0.1) is 0 Å². The standard InChI is InChI=1S/C16H27N3/c1-13(2)17-12-14-6-5-7-15(18-14)19-10-8-16(3,4)9-11-19/h5-7,13,17H,8-12H2,1-4H3. The quantitative estimate of drug-likeness (QED) is 0.902. The van der Waals surface area contributed by atoms with Crippen molar-refractivity contribution >= 4 is 5.82 Å². The molecule has 0 atom stereocenters. The molecule has 2 heterocycles. The lowest BCUT2D eigenvalue weighted by Crippen LogP contribution is -2.37. The normalized spacial score (nSPS) is 18.9. The van der Waals surface area contributed by atoms with E-state index in [1.54, 1.807) is 0 Å². The van der Waals surface area contributed by atoms with E-state index >= 15 is 0 Å². The molecule has 0 bridgehead atoms. The smallest absolute Gasteiger partial charge is 0.128 e. The van der Waals surface area contributed by atoms with Gasteiger partial charge in [0.25, 0.3) is 0 Å². The maximum absolute atomic E-state index is 4.78. The van der Waals surface area contributed by atoms with Gasteiger partial charge in [-0.3, -0.25) is 0 Å². The lowest BCUT2D eigenvalue weighted by molar-refractivity contribution is 0.279. The summed E-state index contributed by atoms with van der Waals surface area (Å²) in [6, 6.07) is 6.87. The summed E-state index contributed by atoms with van der Waals surface area (Å²) < 4.78 is 0. The van der Waals surface area contributed by atoms with Crippen LogP contribution in [0.25, 0.3) is 0 Å². The molecule has 0 saturated carbocycles. The zero-order valence-electron chi connectivity index (χ0n) is 12.7. The number of nitrogens with one attached hydrogen (secondary N) is 1. The molecule has 1 aliphatic heterocycles. The molecule has 1 aromatic heterocycles. The zero-order valence-corrected chi connectivity index (χ0v) is 12.7. The summed E-state index contributed by atoms with van der Waals surface area (Å²) >= 11 is 0. The molecule has 0 aliphatic carbocycles. The second-order valence-electron chi connectivity index (χ2n) is 6.67. The van der Waals surface area contributed by atoms with E-state index in [4.69, 9.17) is 4.98 Å². The van der Waals surface area contributed by atoms with Crippen LogP contribution in [0.1, 0.15) is 46.2 Å². The third-order valence-electron chi connectivity index (χ3n) is 3.92. The minimum Gasteiger partial charge on any atom is -0.357 e. The van der Waals surface area contributed by atoms with Gasteiger partial charge in [0.2, 0.25) is 0 Å². The largest absolute Gasteiger partial charge is 0.357 e. The van der Waals surface area contributed by atoms with Crippen molar-refractivity contribution in [3.8, 4) is 0 Å². The van der Waals surface area contributed by atoms with Crippen LogP contribution in [-0.2, 0) is 6.54 Å². The fourth-order valence-corrected chi connectivity index (χ4v) is 2.39. The Morgan fingerprint density at radius 1 is 1.26 bits per heavy atom. The summed E-state index contributed by atoms with van der Waals surface area (Å²) in [5.74, 6) is 1.14. The molecule has 0 aromatic carbocycles. The van der Waals surface area contributed by atoms with E-state index in [1.165, 1.54) is 12.8 Å². The molecule has 3 nitrogen and oxygen atoms in total. The van der Waals surface area contributed by atoms with Crippen molar-refractivity contribution in [1.29, 1.82) is 0 Å². The summed E-state index contributed by atoms with van der Waals surface area (Å²) in [4.78, 5) is 7.20. The predicted molar refractivity (Wildman–Crippen MR) is 81.4 cm³/mol. The van der Waals surface area contributed by atoms with Crippen LogP contribution in [0.4, 0.5) is 5.82 Å². The number of anilines is 1. The van der Waals surface area contributed by atoms with Gasteiger partial charge >= 0.3 is 0 Å². The van der Waals surface area contributed by atoms with Crippen molar-refractivity contribution in [2.45, 2.75) is 53.1 Å². The van der Waals surface area contributed by atoms with Crippen molar-refractivity contribution < 1.29 is 0 Å². The van der Waals surface area contributed by atoms with E-state index in [0.29, 0.717) is 11.5 Å². The van der Waals surface area contributed by atoms with Gasteiger partial charge in [0.1, 0.15) is 5.82 Å². The molecule has 1 fully saturated rings. The molecule has 1 aromatic rings. The number of nitrogens with zero attached hydrogens (tertiary/aromatic N) is 2. The Morgan fingerprint density at radius 2 is 1.95 bits per heavy atom. The summed E-state index contributed by atoms with van der Waals surface area (Å²) in [7, 11) is 0. The highest BCUT2D eigenvalue weighted by molar-refractivity contribution is 5.39. The Labute approximate surface area is 117 Å². The predicted octanol–water partition coefficient (Wildman–Crippen LogP) is 3.21. The second kappa shape index (κ2) is 5.91. The minimum atomic E-state index is 0.493. The first-order chi connectivity index (χ1) is 8.96. The first-order valence-corrected chi connectivity index (χ1v) is 7.40. The van der Waals surface area contributed by atoms with Crippen molar-refractivity contribution in [1.82, 2.24) is 10.3 Å². The molecule has 1 aliphatic rings. The van der Waals surface area contributed by atoms with Crippen LogP contribution in [0.3, 0.4) is 0 Å². The maximum atomic E-state index is 4.78. The first kappa shape index (κ1) is 14.3. The van der Waals surface area contributed by atoms with Crippen LogP contribution in [-0.4, -0.2) is 24.1 Å². The van der Waals surface area contributed by atoms with Crippen LogP contribution in [0.2, 0.25) is 0 Å². The van der Waals surface area contributed by atoms with Gasteiger partial charge < -0.3 is 10.2 Å². The number of piperidine rings is 1. The maximum Gasteiger partial charge on any atom is 0.128 e. The highest BCUT2D eigenvalue weighted by Gasteiger charge is 2.25. The average Bonchev–Trinajstić information content (AvgIpc) is 2.37. The van der Waals surface area contributed by atoms with Gasteiger partial charge in [-0.2, -0.15) is 0 Å². The van der Waals surface area contributed by atoms with Crippen LogP contribution in [0.15, 0.2) is 18.2 Å². The highest BCUT2D eigenvalue weighted by atomic mass is 15.2. The van der Waals surface area contributed by atoms with Crippen LogP contribution in [0.5, 0.6) is 0 Å². The van der Waals surface area contributed by atoms with Crippen molar-refractivity contribution in [2.24, 2.45) is 5.41 Å². The van der Waals surface area contributed by atoms with Crippen LogP contribution < -0.4 is 10.2 Å². The summed E-state index contributed by atoms with van der Waals surface area (Å²) in [5, 5.41) is 3.42. The van der Waals surface area contributed by atoms with Crippen molar-refractivity contribution in [2.75, 3.05) is 18.0 Å². The third-order valence-corrected chi connectivity index (χ3v) is 3.92. The molecule has 106 valence electrons. The van der Waals surface area contributed by atoms with Gasteiger partial charge in [0.15, 0.2) is 0 Å². The van der Waals surface area contributed by atoms with E-state index in [2.05, 4.69) is 56.1 Å².